The molecule has 1 amide bonds. The van der Waals surface area contributed by atoms with E-state index in [4.69, 9.17) is 16.3 Å². The smallest absolute Gasteiger partial charge is 0.266 e. The Kier molecular flexibility index (Phi) is 7.49. The first-order valence-electron chi connectivity index (χ1n) is 10.5. The van der Waals surface area contributed by atoms with Gasteiger partial charge in [0.05, 0.1) is 12.6 Å². The Morgan fingerprint density at radius 2 is 1.50 bits per heavy atom. The molecule has 0 heterocycles. The molecule has 34 heavy (non-hydrogen) atoms. The molecule has 0 aliphatic carbocycles. The molecule has 178 valence electrons. The zero-order valence-electron chi connectivity index (χ0n) is 19.0. The van der Waals surface area contributed by atoms with E-state index in [9.17, 15) is 24.9 Å². The number of hydrogen-bond donors (Lipinski definition) is 3. The molecule has 1 atom stereocenters. The number of benzene rings is 3. The third-order valence-corrected chi connectivity index (χ3v) is 5.54. The fourth-order valence-corrected chi connectivity index (χ4v) is 3.56. The van der Waals surface area contributed by atoms with E-state index in [1.165, 1.54) is 30.1 Å². The normalized spacial score (nSPS) is 12.1. The number of nitrogens with zero attached hydrogens (tertiary/aromatic N) is 1. The van der Waals surface area contributed by atoms with Crippen LogP contribution in [0.25, 0.3) is 0 Å². The number of ketones is 1. The molecule has 0 saturated carbocycles. The fraction of sp³-hybridized carbons (Fsp3) is 0.231. The van der Waals surface area contributed by atoms with Gasteiger partial charge in [0, 0.05) is 23.2 Å². The van der Waals surface area contributed by atoms with E-state index in [1.54, 1.807) is 62.4 Å². The van der Waals surface area contributed by atoms with Gasteiger partial charge < -0.3 is 25.0 Å². The van der Waals surface area contributed by atoms with Crippen molar-refractivity contribution in [3.05, 3.63) is 88.4 Å². The number of amides is 1. The Morgan fingerprint density at radius 3 is 2.06 bits per heavy atom. The summed E-state index contributed by atoms with van der Waals surface area (Å²) in [5.41, 5.74) is 0.0781. The highest BCUT2D eigenvalue weighted by atomic mass is 35.5. The molecule has 0 unspecified atom stereocenters. The highest BCUT2D eigenvalue weighted by Crippen LogP contribution is 2.28. The van der Waals surface area contributed by atoms with Crippen molar-refractivity contribution in [1.82, 2.24) is 4.90 Å². The lowest BCUT2D eigenvalue weighted by Crippen LogP contribution is -2.48. The summed E-state index contributed by atoms with van der Waals surface area (Å²) in [5.74, 6) is -0.783. The second-order valence-electron chi connectivity index (χ2n) is 8.42. The largest absolute Gasteiger partial charge is 0.504 e. The molecule has 3 aromatic carbocycles. The molecule has 0 aliphatic heterocycles. The third kappa shape index (κ3) is 5.87. The number of hydrogen-bond acceptors (Lipinski definition) is 6. The van der Waals surface area contributed by atoms with Crippen molar-refractivity contribution in [3.63, 3.8) is 0 Å². The highest BCUT2D eigenvalue weighted by molar-refractivity contribution is 6.30. The van der Waals surface area contributed by atoms with Crippen molar-refractivity contribution < 1.29 is 29.6 Å². The summed E-state index contributed by atoms with van der Waals surface area (Å²) >= 11 is 5.87. The van der Waals surface area contributed by atoms with Crippen LogP contribution >= 0.6 is 11.6 Å². The summed E-state index contributed by atoms with van der Waals surface area (Å²) in [6.07, 6.45) is -1.07. The predicted octanol–water partition coefficient (Wildman–Crippen LogP) is 4.33. The monoisotopic (exact) mass is 483 g/mol. The number of phenols is 2. The Labute approximate surface area is 202 Å². The maximum Gasteiger partial charge on any atom is 0.266 e. The molecule has 8 heteroatoms. The molecule has 0 aromatic heterocycles. The number of halogens is 1. The van der Waals surface area contributed by atoms with Gasteiger partial charge in [-0.1, -0.05) is 17.7 Å². The lowest BCUT2D eigenvalue weighted by Gasteiger charge is -2.31. The van der Waals surface area contributed by atoms with E-state index in [0.29, 0.717) is 27.5 Å². The maximum absolute atomic E-state index is 13.0. The second kappa shape index (κ2) is 10.2. The first kappa shape index (κ1) is 25.1. The summed E-state index contributed by atoms with van der Waals surface area (Å²) in [6, 6.07) is 17.1. The van der Waals surface area contributed by atoms with Gasteiger partial charge in [0.25, 0.3) is 5.91 Å². The number of aliphatic hydroxyl groups excluding tert-OH is 1. The SMILES string of the molecule is CN(C[C@H](O)c1ccc(O)c(O)c1)C(=O)C(C)(C)Oc1ccc(C(=O)c2ccc(Cl)cc2)cc1. The molecule has 0 radical (unpaired) electrons. The minimum Gasteiger partial charge on any atom is -0.504 e. The third-order valence-electron chi connectivity index (χ3n) is 5.29. The summed E-state index contributed by atoms with van der Waals surface area (Å²) in [4.78, 5) is 26.9. The standard InChI is InChI=1S/C26H26ClNO6/c1-26(2,25(33)28(3)15-23(31)18-8-13-21(29)22(30)14-18)34-20-11-6-17(7-12-20)24(32)16-4-9-19(27)10-5-16/h4-14,23,29-31H,15H2,1-3H3/t23-/m0/s1. The first-order chi connectivity index (χ1) is 16.0. The minimum absolute atomic E-state index is 0.0512. The van der Waals surface area contributed by atoms with E-state index in [0.717, 1.165) is 0 Å². The summed E-state index contributed by atoms with van der Waals surface area (Å²) in [5, 5.41) is 30.0. The lowest BCUT2D eigenvalue weighted by atomic mass is 10.0. The van der Waals surface area contributed by atoms with Crippen molar-refractivity contribution >= 4 is 23.3 Å². The van der Waals surface area contributed by atoms with Crippen LogP contribution in [0.4, 0.5) is 0 Å². The summed E-state index contributed by atoms with van der Waals surface area (Å²) < 4.78 is 5.89. The van der Waals surface area contributed by atoms with Gasteiger partial charge >= 0.3 is 0 Å². The Morgan fingerprint density at radius 1 is 0.941 bits per heavy atom. The maximum atomic E-state index is 13.0. The van der Waals surface area contributed by atoms with E-state index in [1.807, 2.05) is 0 Å². The number of aromatic hydroxyl groups is 2. The van der Waals surface area contributed by atoms with Crippen LogP contribution in [0, 0.1) is 0 Å². The van der Waals surface area contributed by atoms with Gasteiger partial charge in [-0.05, 0) is 80.1 Å². The van der Waals surface area contributed by atoms with Gasteiger partial charge in [0.2, 0.25) is 0 Å². The van der Waals surface area contributed by atoms with E-state index < -0.39 is 11.7 Å². The van der Waals surface area contributed by atoms with Crippen molar-refractivity contribution in [2.75, 3.05) is 13.6 Å². The van der Waals surface area contributed by atoms with Crippen LogP contribution in [0.1, 0.15) is 41.4 Å². The van der Waals surface area contributed by atoms with Crippen LogP contribution in [-0.2, 0) is 4.79 Å². The van der Waals surface area contributed by atoms with Crippen LogP contribution < -0.4 is 4.74 Å². The molecule has 3 rings (SSSR count). The fourth-order valence-electron chi connectivity index (χ4n) is 3.44. The van der Waals surface area contributed by atoms with Gasteiger partial charge in [0.1, 0.15) is 5.75 Å². The van der Waals surface area contributed by atoms with Crippen LogP contribution in [-0.4, -0.2) is 51.1 Å². The average Bonchev–Trinajstić information content (AvgIpc) is 2.80. The first-order valence-corrected chi connectivity index (χ1v) is 10.9. The molecule has 3 aromatic rings. The molecule has 0 saturated heterocycles. The number of phenolic OH excluding ortho intramolecular Hbond substituents is 2. The van der Waals surface area contributed by atoms with Crippen molar-refractivity contribution in [2.45, 2.75) is 25.6 Å². The Balaban J connectivity index is 1.64. The average molecular weight is 484 g/mol. The highest BCUT2D eigenvalue weighted by Gasteiger charge is 2.33. The van der Waals surface area contributed by atoms with Gasteiger partial charge in [-0.25, -0.2) is 0 Å². The van der Waals surface area contributed by atoms with E-state index in [-0.39, 0.29) is 29.7 Å². The van der Waals surface area contributed by atoms with Crippen LogP contribution in [0.15, 0.2) is 66.7 Å². The van der Waals surface area contributed by atoms with Gasteiger partial charge in [-0.2, -0.15) is 0 Å². The molecule has 0 aliphatic rings. The molecule has 0 bridgehead atoms. The van der Waals surface area contributed by atoms with Gasteiger partial charge in [0.15, 0.2) is 22.9 Å². The summed E-state index contributed by atoms with van der Waals surface area (Å²) in [7, 11) is 1.53. The van der Waals surface area contributed by atoms with Gasteiger partial charge in [-0.3, -0.25) is 9.59 Å². The molecular formula is C26H26ClNO6. The predicted molar refractivity (Wildman–Crippen MR) is 128 cm³/mol. The second-order valence-corrected chi connectivity index (χ2v) is 8.86. The quantitative estimate of drug-likeness (QED) is 0.325. The summed E-state index contributed by atoms with van der Waals surface area (Å²) in [6.45, 7) is 3.17. The van der Waals surface area contributed by atoms with E-state index >= 15 is 0 Å². The molecule has 3 N–H and O–H groups in total. The van der Waals surface area contributed by atoms with E-state index in [2.05, 4.69) is 0 Å². The minimum atomic E-state index is -1.26. The number of carbonyl (C=O) groups excluding carboxylic acids is 2. The number of likely N-dealkylation sites (N-methyl/N-ethyl adjacent to an activating group) is 1. The van der Waals surface area contributed by atoms with Crippen LogP contribution in [0.2, 0.25) is 5.02 Å². The van der Waals surface area contributed by atoms with Crippen molar-refractivity contribution in [1.29, 1.82) is 0 Å². The molecule has 0 spiro atoms. The van der Waals surface area contributed by atoms with Crippen molar-refractivity contribution in [2.24, 2.45) is 0 Å². The number of ether oxygens (including phenoxy) is 1. The molecule has 7 nitrogen and oxygen atoms in total. The van der Waals surface area contributed by atoms with Crippen LogP contribution in [0.5, 0.6) is 17.2 Å². The van der Waals surface area contributed by atoms with Crippen LogP contribution in [0.3, 0.4) is 0 Å². The number of rotatable bonds is 8. The molecular weight excluding hydrogens is 458 g/mol. The number of carbonyl (C=O) groups is 2. The Bertz CT molecular complexity index is 1170. The van der Waals surface area contributed by atoms with Gasteiger partial charge in [-0.15, -0.1) is 0 Å². The topological polar surface area (TPSA) is 107 Å². The number of aliphatic hydroxyl groups is 1. The lowest BCUT2D eigenvalue weighted by molar-refractivity contribution is -0.145. The zero-order chi connectivity index (χ0) is 25.0. The molecule has 0 fully saturated rings. The Hall–Kier alpha value is -3.55. The zero-order valence-corrected chi connectivity index (χ0v) is 19.8. The van der Waals surface area contributed by atoms with Crippen molar-refractivity contribution in [3.8, 4) is 17.2 Å².